The normalized spacial score (nSPS) is 10.8. The van der Waals surface area contributed by atoms with E-state index in [2.05, 4.69) is 0 Å². The predicted octanol–water partition coefficient (Wildman–Crippen LogP) is 1.63. The highest BCUT2D eigenvalue weighted by Gasteiger charge is 2.15. The van der Waals surface area contributed by atoms with Gasteiger partial charge in [0.2, 0.25) is 5.56 Å². The van der Waals surface area contributed by atoms with Gasteiger partial charge in [0.15, 0.2) is 0 Å². The van der Waals surface area contributed by atoms with Crippen LogP contribution in [0.25, 0.3) is 0 Å². The smallest absolute Gasteiger partial charge is 0.280 e. The molecule has 1 heterocycles. The molecule has 0 spiro atoms. The van der Waals surface area contributed by atoms with Crippen molar-refractivity contribution in [2.75, 3.05) is 5.73 Å². The van der Waals surface area contributed by atoms with Gasteiger partial charge in [-0.1, -0.05) is 0 Å². The van der Waals surface area contributed by atoms with Crippen molar-refractivity contribution in [3.63, 3.8) is 0 Å². The van der Waals surface area contributed by atoms with Gasteiger partial charge in [0, 0.05) is 11.9 Å². The van der Waals surface area contributed by atoms with Crippen LogP contribution in [0.3, 0.4) is 0 Å². The van der Waals surface area contributed by atoms with Gasteiger partial charge in [0.25, 0.3) is 6.43 Å². The minimum Gasteiger partial charge on any atom is -0.397 e. The molecule has 0 saturated carbocycles. The fourth-order valence-electron chi connectivity index (χ4n) is 0.928. The number of aromatic nitrogens is 1. The van der Waals surface area contributed by atoms with Crippen molar-refractivity contribution < 1.29 is 8.78 Å². The summed E-state index contributed by atoms with van der Waals surface area (Å²) in [6.07, 6.45) is -2.80. The third-order valence-corrected chi connectivity index (χ3v) is 1.85. The number of aromatic amines is 1. The lowest BCUT2D eigenvalue weighted by Gasteiger charge is -2.06. The van der Waals surface area contributed by atoms with E-state index in [4.69, 9.17) is 17.3 Å². The van der Waals surface area contributed by atoms with E-state index in [0.717, 1.165) is 6.07 Å². The molecule has 0 radical (unpaired) electrons. The Morgan fingerprint density at radius 1 is 1.62 bits per heavy atom. The van der Waals surface area contributed by atoms with Crippen LogP contribution in [0.5, 0.6) is 0 Å². The lowest BCUT2D eigenvalue weighted by atomic mass is 10.2. The first-order chi connectivity index (χ1) is 6.06. The van der Waals surface area contributed by atoms with Gasteiger partial charge in [-0.2, -0.15) is 0 Å². The van der Waals surface area contributed by atoms with Gasteiger partial charge in [-0.15, -0.1) is 11.6 Å². The summed E-state index contributed by atoms with van der Waals surface area (Å²) in [5.74, 6) is -0.0600. The van der Waals surface area contributed by atoms with Crippen LogP contribution in [-0.2, 0) is 5.88 Å². The van der Waals surface area contributed by atoms with Crippen LogP contribution in [0.4, 0.5) is 14.5 Å². The Labute approximate surface area is 77.5 Å². The highest BCUT2D eigenvalue weighted by molar-refractivity contribution is 6.17. The Morgan fingerprint density at radius 2 is 2.23 bits per heavy atom. The molecule has 0 unspecified atom stereocenters. The number of nitrogen functional groups attached to an aromatic ring is 1. The molecule has 0 amide bonds. The van der Waals surface area contributed by atoms with Gasteiger partial charge in [-0.25, -0.2) is 8.78 Å². The summed E-state index contributed by atoms with van der Waals surface area (Å²) in [6.45, 7) is 0. The molecule has 0 aliphatic carbocycles. The number of pyridine rings is 1. The zero-order chi connectivity index (χ0) is 10.0. The number of anilines is 1. The SMILES string of the molecule is Nc1c(CCl)cc(=O)[nH]c1C(F)F. The van der Waals surface area contributed by atoms with Crippen molar-refractivity contribution in [3.8, 4) is 0 Å². The van der Waals surface area contributed by atoms with E-state index in [0.29, 0.717) is 0 Å². The van der Waals surface area contributed by atoms with E-state index < -0.39 is 17.7 Å². The quantitative estimate of drug-likeness (QED) is 0.726. The molecule has 1 aromatic rings. The Balaban J connectivity index is 3.36. The van der Waals surface area contributed by atoms with Crippen molar-refractivity contribution in [3.05, 3.63) is 27.7 Å². The molecule has 0 aromatic carbocycles. The first kappa shape index (κ1) is 9.98. The topological polar surface area (TPSA) is 58.9 Å². The second-order valence-electron chi connectivity index (χ2n) is 2.42. The zero-order valence-corrected chi connectivity index (χ0v) is 7.24. The van der Waals surface area contributed by atoms with E-state index >= 15 is 0 Å². The molecule has 1 aromatic heterocycles. The van der Waals surface area contributed by atoms with Crippen LogP contribution in [0.2, 0.25) is 0 Å². The molecule has 1 rings (SSSR count). The third-order valence-electron chi connectivity index (χ3n) is 1.56. The number of nitrogens with one attached hydrogen (secondary N) is 1. The average Bonchev–Trinajstić information content (AvgIpc) is 2.08. The lowest BCUT2D eigenvalue weighted by Crippen LogP contribution is -2.13. The fourth-order valence-corrected chi connectivity index (χ4v) is 1.15. The molecular weight excluding hydrogens is 202 g/mol. The maximum absolute atomic E-state index is 12.2. The van der Waals surface area contributed by atoms with Crippen LogP contribution in [-0.4, -0.2) is 4.98 Å². The van der Waals surface area contributed by atoms with Gasteiger partial charge in [0.1, 0.15) is 5.69 Å². The van der Waals surface area contributed by atoms with Crippen LogP contribution in [0.1, 0.15) is 17.7 Å². The van der Waals surface area contributed by atoms with Crippen LogP contribution in [0, 0.1) is 0 Å². The Hall–Kier alpha value is -1.10. The Morgan fingerprint density at radius 3 is 2.69 bits per heavy atom. The van der Waals surface area contributed by atoms with Gasteiger partial charge in [0.05, 0.1) is 5.69 Å². The van der Waals surface area contributed by atoms with E-state index in [1.807, 2.05) is 4.98 Å². The van der Waals surface area contributed by atoms with Gasteiger partial charge in [-0.3, -0.25) is 4.79 Å². The van der Waals surface area contributed by atoms with Gasteiger partial charge >= 0.3 is 0 Å². The minimum atomic E-state index is -2.80. The molecule has 0 saturated heterocycles. The summed E-state index contributed by atoms with van der Waals surface area (Å²) < 4.78 is 24.5. The maximum atomic E-state index is 12.2. The summed E-state index contributed by atoms with van der Waals surface area (Å²) in [7, 11) is 0. The number of hydrogen-bond donors (Lipinski definition) is 2. The van der Waals surface area contributed by atoms with Crippen molar-refractivity contribution in [1.82, 2.24) is 4.98 Å². The molecular formula is C7H7ClF2N2O. The van der Waals surface area contributed by atoms with E-state index in [1.54, 1.807) is 0 Å². The van der Waals surface area contributed by atoms with Crippen LogP contribution >= 0.6 is 11.6 Å². The molecule has 0 aliphatic heterocycles. The molecule has 3 N–H and O–H groups in total. The summed E-state index contributed by atoms with van der Waals surface area (Å²) in [5, 5.41) is 0. The first-order valence-corrected chi connectivity index (χ1v) is 3.95. The second-order valence-corrected chi connectivity index (χ2v) is 2.69. The number of hydrogen-bond acceptors (Lipinski definition) is 2. The number of alkyl halides is 3. The highest BCUT2D eigenvalue weighted by atomic mass is 35.5. The number of halogens is 3. The molecule has 6 heteroatoms. The lowest BCUT2D eigenvalue weighted by molar-refractivity contribution is 0.146. The number of rotatable bonds is 2. The predicted molar refractivity (Wildman–Crippen MR) is 46.0 cm³/mol. The zero-order valence-electron chi connectivity index (χ0n) is 6.48. The number of nitrogens with two attached hydrogens (primary N) is 1. The molecule has 0 fully saturated rings. The molecule has 0 atom stereocenters. The summed E-state index contributed by atoms with van der Waals surface area (Å²) in [5.41, 5.74) is 4.21. The fraction of sp³-hybridized carbons (Fsp3) is 0.286. The average molecular weight is 209 g/mol. The van der Waals surface area contributed by atoms with E-state index in [9.17, 15) is 13.6 Å². The third kappa shape index (κ3) is 1.98. The van der Waals surface area contributed by atoms with Crippen molar-refractivity contribution in [2.45, 2.75) is 12.3 Å². The standard InChI is InChI=1S/C7H7ClF2N2O/c8-2-3-1-4(13)12-6(5(3)11)7(9)10/h1,7H,2,11H2,(H,12,13). The van der Waals surface area contributed by atoms with Crippen LogP contribution in [0.15, 0.2) is 10.9 Å². The van der Waals surface area contributed by atoms with Crippen molar-refractivity contribution in [1.29, 1.82) is 0 Å². The van der Waals surface area contributed by atoms with Gasteiger partial charge in [-0.05, 0) is 5.56 Å². The molecule has 0 aliphatic rings. The first-order valence-electron chi connectivity index (χ1n) is 3.42. The Kier molecular flexibility index (Phi) is 2.87. The molecule has 3 nitrogen and oxygen atoms in total. The Bertz CT molecular complexity index is 364. The van der Waals surface area contributed by atoms with Crippen LogP contribution < -0.4 is 11.3 Å². The van der Waals surface area contributed by atoms with E-state index in [1.165, 1.54) is 0 Å². The highest BCUT2D eigenvalue weighted by Crippen LogP contribution is 2.24. The summed E-state index contributed by atoms with van der Waals surface area (Å²) >= 11 is 5.40. The van der Waals surface area contributed by atoms with E-state index in [-0.39, 0.29) is 17.1 Å². The minimum absolute atomic E-state index is 0.0600. The van der Waals surface area contributed by atoms with Gasteiger partial charge < -0.3 is 10.7 Å². The van der Waals surface area contributed by atoms with Crippen molar-refractivity contribution >= 4 is 17.3 Å². The largest absolute Gasteiger partial charge is 0.397 e. The number of H-pyrrole nitrogens is 1. The molecule has 72 valence electrons. The second kappa shape index (κ2) is 3.74. The van der Waals surface area contributed by atoms with Crippen molar-refractivity contribution in [2.24, 2.45) is 0 Å². The molecule has 0 bridgehead atoms. The summed E-state index contributed by atoms with van der Waals surface area (Å²) in [6, 6.07) is 1.11. The summed E-state index contributed by atoms with van der Waals surface area (Å²) in [4.78, 5) is 12.8. The maximum Gasteiger partial charge on any atom is 0.280 e. The molecule has 13 heavy (non-hydrogen) atoms. The monoisotopic (exact) mass is 208 g/mol.